The third kappa shape index (κ3) is 1.29. The van der Waals surface area contributed by atoms with Gasteiger partial charge in [0.15, 0.2) is 0 Å². The minimum absolute atomic E-state index is 0.391. The van der Waals surface area contributed by atoms with Crippen molar-refractivity contribution in [3.05, 3.63) is 36.8 Å². The van der Waals surface area contributed by atoms with Crippen LogP contribution in [0.1, 0.15) is 6.42 Å². The summed E-state index contributed by atoms with van der Waals surface area (Å²) in [4.78, 5) is 0. The fraction of sp³-hybridized carbons (Fsp3) is 0.222. The van der Waals surface area contributed by atoms with Gasteiger partial charge in [0.25, 0.3) is 0 Å². The summed E-state index contributed by atoms with van der Waals surface area (Å²) in [5, 5.41) is 0. The molecular formula is C9H9O. The van der Waals surface area contributed by atoms with Gasteiger partial charge in [0, 0.05) is 6.42 Å². The van der Waals surface area contributed by atoms with E-state index in [9.17, 15) is 0 Å². The van der Waals surface area contributed by atoms with Crippen LogP contribution in [0.5, 0.6) is 5.75 Å². The van der Waals surface area contributed by atoms with Crippen molar-refractivity contribution in [2.45, 2.75) is 12.5 Å². The highest BCUT2D eigenvalue weighted by Crippen LogP contribution is 2.24. The molecule has 0 aliphatic heterocycles. The predicted molar refractivity (Wildman–Crippen MR) is 39.8 cm³/mol. The Morgan fingerprint density at radius 3 is 2.50 bits per heavy atom. The van der Waals surface area contributed by atoms with Crippen LogP contribution in [0.25, 0.3) is 0 Å². The van der Waals surface area contributed by atoms with Crippen LogP contribution in [-0.2, 0) is 0 Å². The Hall–Kier alpha value is -0.980. The van der Waals surface area contributed by atoms with E-state index in [1.807, 2.05) is 30.3 Å². The molecule has 1 unspecified atom stereocenters. The van der Waals surface area contributed by atoms with Gasteiger partial charge in [-0.25, -0.2) is 0 Å². The van der Waals surface area contributed by atoms with Crippen molar-refractivity contribution in [3.8, 4) is 5.75 Å². The molecule has 1 nitrogen and oxygen atoms in total. The second-order valence-electron chi connectivity index (χ2n) is 2.44. The molecule has 2 rings (SSSR count). The Bertz CT molecular complexity index is 201. The van der Waals surface area contributed by atoms with Crippen LogP contribution >= 0.6 is 0 Å². The van der Waals surface area contributed by atoms with Crippen LogP contribution in [0.4, 0.5) is 0 Å². The summed E-state index contributed by atoms with van der Waals surface area (Å²) in [7, 11) is 0. The van der Waals surface area contributed by atoms with Crippen molar-refractivity contribution in [1.29, 1.82) is 0 Å². The van der Waals surface area contributed by atoms with Gasteiger partial charge in [-0.3, -0.25) is 0 Å². The molecule has 0 saturated heterocycles. The van der Waals surface area contributed by atoms with Gasteiger partial charge in [-0.2, -0.15) is 0 Å². The van der Waals surface area contributed by atoms with E-state index in [-0.39, 0.29) is 0 Å². The van der Waals surface area contributed by atoms with Gasteiger partial charge in [0.05, 0.1) is 0 Å². The summed E-state index contributed by atoms with van der Waals surface area (Å²) in [6, 6.07) is 9.91. The lowest BCUT2D eigenvalue weighted by atomic mass is 10.3. The molecule has 0 amide bonds. The second kappa shape index (κ2) is 2.33. The van der Waals surface area contributed by atoms with Crippen LogP contribution in [0.2, 0.25) is 0 Å². The van der Waals surface area contributed by atoms with Crippen LogP contribution in [0, 0.1) is 6.42 Å². The normalized spacial score (nSPS) is 16.8. The van der Waals surface area contributed by atoms with Crippen LogP contribution < -0.4 is 4.74 Å². The minimum Gasteiger partial charge on any atom is -0.490 e. The maximum Gasteiger partial charge on any atom is 0.119 e. The summed E-state index contributed by atoms with van der Waals surface area (Å²) in [6.45, 7) is 0. The average Bonchev–Trinajstić information content (AvgIpc) is 2.74. The lowest BCUT2D eigenvalue weighted by Gasteiger charge is -2.01. The fourth-order valence-electron chi connectivity index (χ4n) is 0.826. The van der Waals surface area contributed by atoms with Crippen molar-refractivity contribution in [1.82, 2.24) is 0 Å². The van der Waals surface area contributed by atoms with Crippen molar-refractivity contribution in [2.24, 2.45) is 0 Å². The van der Waals surface area contributed by atoms with Crippen LogP contribution in [0.3, 0.4) is 0 Å². The summed E-state index contributed by atoms with van der Waals surface area (Å²) in [5.41, 5.74) is 0. The number of para-hydroxylation sites is 1. The van der Waals surface area contributed by atoms with E-state index in [0.29, 0.717) is 6.10 Å². The third-order valence-corrected chi connectivity index (χ3v) is 1.46. The average molecular weight is 133 g/mol. The van der Waals surface area contributed by atoms with Gasteiger partial charge in [-0.05, 0) is 18.6 Å². The standard InChI is InChI=1S/C9H9O/c1-2-4-8(5-3-1)10-9-6-7-9/h1-6,9H,7H2. The smallest absolute Gasteiger partial charge is 0.119 e. The van der Waals surface area contributed by atoms with Crippen LogP contribution in [-0.4, -0.2) is 6.10 Å². The molecule has 10 heavy (non-hydrogen) atoms. The number of ether oxygens (including phenoxy) is 1. The van der Waals surface area contributed by atoms with Crippen molar-refractivity contribution >= 4 is 0 Å². The monoisotopic (exact) mass is 133 g/mol. The molecule has 1 aliphatic rings. The zero-order chi connectivity index (χ0) is 6.81. The molecule has 0 aromatic heterocycles. The van der Waals surface area contributed by atoms with E-state index in [2.05, 4.69) is 6.42 Å². The zero-order valence-corrected chi connectivity index (χ0v) is 5.66. The second-order valence-corrected chi connectivity index (χ2v) is 2.44. The van der Waals surface area contributed by atoms with Gasteiger partial charge in [0.1, 0.15) is 11.9 Å². The molecular weight excluding hydrogens is 124 g/mol. The van der Waals surface area contributed by atoms with Crippen molar-refractivity contribution in [2.75, 3.05) is 0 Å². The van der Waals surface area contributed by atoms with Crippen molar-refractivity contribution < 1.29 is 4.74 Å². The summed E-state index contributed by atoms with van der Waals surface area (Å²) in [6.07, 6.45) is 3.64. The molecule has 0 bridgehead atoms. The molecule has 1 radical (unpaired) electrons. The number of hydrogen-bond acceptors (Lipinski definition) is 1. The van der Waals surface area contributed by atoms with E-state index in [0.717, 1.165) is 12.2 Å². The molecule has 1 saturated carbocycles. The van der Waals surface area contributed by atoms with Crippen molar-refractivity contribution in [3.63, 3.8) is 0 Å². The first-order valence-corrected chi connectivity index (χ1v) is 3.50. The Labute approximate surface area is 60.6 Å². The fourth-order valence-corrected chi connectivity index (χ4v) is 0.826. The first-order valence-electron chi connectivity index (χ1n) is 3.50. The molecule has 1 aromatic rings. The van der Waals surface area contributed by atoms with Gasteiger partial charge in [-0.1, -0.05) is 18.2 Å². The van der Waals surface area contributed by atoms with Gasteiger partial charge in [-0.15, -0.1) is 0 Å². The minimum atomic E-state index is 0.391. The van der Waals surface area contributed by atoms with E-state index in [1.54, 1.807) is 0 Å². The first-order chi connectivity index (χ1) is 4.95. The molecule has 0 N–H and O–H groups in total. The lowest BCUT2D eigenvalue weighted by molar-refractivity contribution is 0.313. The summed E-state index contributed by atoms with van der Waals surface area (Å²) < 4.78 is 5.47. The lowest BCUT2D eigenvalue weighted by Crippen LogP contribution is -1.94. The number of rotatable bonds is 2. The molecule has 1 fully saturated rings. The van der Waals surface area contributed by atoms with Gasteiger partial charge < -0.3 is 4.74 Å². The Kier molecular flexibility index (Phi) is 1.35. The van der Waals surface area contributed by atoms with E-state index in [4.69, 9.17) is 4.74 Å². The number of benzene rings is 1. The quantitative estimate of drug-likeness (QED) is 0.600. The largest absolute Gasteiger partial charge is 0.490 e. The first kappa shape index (κ1) is 5.78. The van der Waals surface area contributed by atoms with E-state index in [1.165, 1.54) is 0 Å². The molecule has 51 valence electrons. The van der Waals surface area contributed by atoms with E-state index >= 15 is 0 Å². The molecule has 1 aliphatic carbocycles. The molecule has 1 atom stereocenters. The highest BCUT2D eigenvalue weighted by atomic mass is 16.5. The Morgan fingerprint density at radius 1 is 1.20 bits per heavy atom. The predicted octanol–water partition coefficient (Wildman–Crippen LogP) is 2.04. The SMILES string of the molecule is [CH]1CC1Oc1ccccc1. The molecule has 1 heteroatoms. The molecule has 1 aromatic carbocycles. The van der Waals surface area contributed by atoms with E-state index < -0.39 is 0 Å². The third-order valence-electron chi connectivity index (χ3n) is 1.46. The van der Waals surface area contributed by atoms with Crippen LogP contribution in [0.15, 0.2) is 30.3 Å². The highest BCUT2D eigenvalue weighted by Gasteiger charge is 2.23. The Morgan fingerprint density at radius 2 is 1.90 bits per heavy atom. The molecule has 0 heterocycles. The molecule has 0 spiro atoms. The maximum atomic E-state index is 5.47. The topological polar surface area (TPSA) is 9.23 Å². The highest BCUT2D eigenvalue weighted by molar-refractivity contribution is 5.22. The maximum absolute atomic E-state index is 5.47. The Balaban J connectivity index is 2.03. The number of hydrogen-bond donors (Lipinski definition) is 0. The zero-order valence-electron chi connectivity index (χ0n) is 5.66. The van der Waals surface area contributed by atoms with Gasteiger partial charge in [0.2, 0.25) is 0 Å². The van der Waals surface area contributed by atoms with Gasteiger partial charge >= 0.3 is 0 Å². The summed E-state index contributed by atoms with van der Waals surface area (Å²) >= 11 is 0. The summed E-state index contributed by atoms with van der Waals surface area (Å²) in [5.74, 6) is 0.973.